The van der Waals surface area contributed by atoms with Crippen LogP contribution in [0, 0.1) is 5.41 Å². The van der Waals surface area contributed by atoms with E-state index in [0.717, 1.165) is 6.42 Å². The van der Waals surface area contributed by atoms with Gasteiger partial charge in [0.2, 0.25) is 0 Å². The van der Waals surface area contributed by atoms with Crippen molar-refractivity contribution in [2.24, 2.45) is 5.41 Å². The van der Waals surface area contributed by atoms with Crippen molar-refractivity contribution in [3.05, 3.63) is 0 Å². The molecule has 0 rings (SSSR count). The molecule has 3 nitrogen and oxygen atoms in total. The first-order valence-electron chi connectivity index (χ1n) is 4.07. The van der Waals surface area contributed by atoms with Gasteiger partial charge in [0.15, 0.2) is 0 Å². The van der Waals surface area contributed by atoms with E-state index >= 15 is 0 Å². The van der Waals surface area contributed by atoms with Gasteiger partial charge in [-0.2, -0.15) is 0 Å². The molecule has 0 bridgehead atoms. The third-order valence-corrected chi connectivity index (χ3v) is 2.29. The normalized spacial score (nSPS) is 12.0. The van der Waals surface area contributed by atoms with Crippen molar-refractivity contribution in [1.82, 2.24) is 0 Å². The smallest absolute Gasteiger partial charge is 0.0509 e. The van der Waals surface area contributed by atoms with Gasteiger partial charge in [-0.3, -0.25) is 0 Å². The van der Waals surface area contributed by atoms with Gasteiger partial charge in [-0.15, -0.1) is 0 Å². The van der Waals surface area contributed by atoms with Crippen molar-refractivity contribution in [3.8, 4) is 0 Å². The minimum absolute atomic E-state index is 0. The van der Waals surface area contributed by atoms with Gasteiger partial charge in [0.05, 0.1) is 13.2 Å². The Bertz CT molecular complexity index is 81.1. The molecular weight excluding hydrogens is 144 g/mol. The predicted molar refractivity (Wildman–Crippen MR) is 43.2 cm³/mol. The van der Waals surface area contributed by atoms with Gasteiger partial charge in [-0.25, -0.2) is 0 Å². The SMILES string of the molecule is CCC(CO)(CO)CCCO. The topological polar surface area (TPSA) is 60.7 Å². The fourth-order valence-corrected chi connectivity index (χ4v) is 1.06. The zero-order valence-corrected chi connectivity index (χ0v) is 7.08. The van der Waals surface area contributed by atoms with Crippen LogP contribution in [-0.2, 0) is 0 Å². The van der Waals surface area contributed by atoms with E-state index in [9.17, 15) is 0 Å². The van der Waals surface area contributed by atoms with Crippen LogP contribution >= 0.6 is 0 Å². The third kappa shape index (κ3) is 3.18. The van der Waals surface area contributed by atoms with Crippen LogP contribution in [0.3, 0.4) is 0 Å². The van der Waals surface area contributed by atoms with Gasteiger partial charge in [0.1, 0.15) is 0 Å². The first-order chi connectivity index (χ1) is 5.24. The molecule has 0 aliphatic carbocycles. The molecule has 68 valence electrons. The quantitative estimate of drug-likeness (QED) is 0.520. The molecule has 0 aliphatic rings. The summed E-state index contributed by atoms with van der Waals surface area (Å²) < 4.78 is 0. The van der Waals surface area contributed by atoms with E-state index in [0.29, 0.717) is 12.8 Å². The number of hydrogen-bond acceptors (Lipinski definition) is 3. The number of hydrogen-bond donors (Lipinski definition) is 3. The first kappa shape index (κ1) is 10.9. The Morgan fingerprint density at radius 3 is 1.91 bits per heavy atom. The second-order valence-electron chi connectivity index (χ2n) is 3.00. The van der Waals surface area contributed by atoms with Gasteiger partial charge in [0.25, 0.3) is 0 Å². The molecule has 0 atom stereocenters. The van der Waals surface area contributed by atoms with Crippen molar-refractivity contribution in [3.63, 3.8) is 0 Å². The summed E-state index contributed by atoms with van der Waals surface area (Å²) in [5, 5.41) is 26.5. The zero-order valence-electron chi connectivity index (χ0n) is 7.08. The van der Waals surface area contributed by atoms with Crippen LogP contribution in [0.15, 0.2) is 0 Å². The molecule has 0 amide bonds. The summed E-state index contributed by atoms with van der Waals surface area (Å²) >= 11 is 0. The minimum Gasteiger partial charge on any atom is -0.396 e. The third-order valence-electron chi connectivity index (χ3n) is 2.29. The maximum Gasteiger partial charge on any atom is 0.0509 e. The molecule has 11 heavy (non-hydrogen) atoms. The molecule has 3 N–H and O–H groups in total. The molecule has 0 heterocycles. The molecule has 0 spiro atoms. The molecule has 0 saturated carbocycles. The Hall–Kier alpha value is -0.120. The lowest BCUT2D eigenvalue weighted by molar-refractivity contribution is 0.0383. The van der Waals surface area contributed by atoms with Crippen molar-refractivity contribution in [2.75, 3.05) is 19.8 Å². The highest BCUT2D eigenvalue weighted by Gasteiger charge is 2.25. The van der Waals surface area contributed by atoms with E-state index in [1.807, 2.05) is 6.92 Å². The molecule has 0 radical (unpaired) electrons. The van der Waals surface area contributed by atoms with Gasteiger partial charge in [0, 0.05) is 12.0 Å². The standard InChI is InChI=1S/C8H18O3/c1-2-8(6-10,7-11)4-3-5-9/h9-11H,2-7H2,1H3. The van der Waals surface area contributed by atoms with Crippen LogP contribution in [0.1, 0.15) is 26.2 Å². The molecule has 0 aromatic carbocycles. The van der Waals surface area contributed by atoms with E-state index in [2.05, 4.69) is 0 Å². The molecule has 0 aromatic heterocycles. The summed E-state index contributed by atoms with van der Waals surface area (Å²) in [6.45, 7) is 2.06. The Labute approximate surface area is 67.7 Å². The van der Waals surface area contributed by atoms with Crippen LogP contribution in [-0.4, -0.2) is 35.1 Å². The summed E-state index contributed by atoms with van der Waals surface area (Å²) in [5.41, 5.74) is -0.372. The van der Waals surface area contributed by atoms with Crippen LogP contribution in [0.4, 0.5) is 0 Å². The first-order valence-corrected chi connectivity index (χ1v) is 4.07. The molecule has 0 saturated heterocycles. The van der Waals surface area contributed by atoms with Crippen molar-refractivity contribution >= 4 is 0 Å². The van der Waals surface area contributed by atoms with E-state index < -0.39 is 0 Å². The molecular formula is C8H18O3. The lowest BCUT2D eigenvalue weighted by Gasteiger charge is -2.27. The maximum atomic E-state index is 8.96. The molecule has 3 heteroatoms. The molecule has 0 unspecified atom stereocenters. The summed E-state index contributed by atoms with van der Waals surface area (Å²) in [6, 6.07) is 0. The number of rotatable bonds is 6. The zero-order chi connectivity index (χ0) is 8.74. The minimum atomic E-state index is -0.372. The Morgan fingerprint density at radius 1 is 1.09 bits per heavy atom. The van der Waals surface area contributed by atoms with Crippen molar-refractivity contribution in [1.29, 1.82) is 0 Å². The highest BCUT2D eigenvalue weighted by Crippen LogP contribution is 2.26. The summed E-state index contributed by atoms with van der Waals surface area (Å²) in [6.07, 6.45) is 2.09. The lowest BCUT2D eigenvalue weighted by Crippen LogP contribution is -2.29. The van der Waals surface area contributed by atoms with Crippen LogP contribution in [0.2, 0.25) is 0 Å². The fraction of sp³-hybridized carbons (Fsp3) is 1.00. The van der Waals surface area contributed by atoms with Gasteiger partial charge >= 0.3 is 0 Å². The van der Waals surface area contributed by atoms with Gasteiger partial charge in [-0.1, -0.05) is 6.92 Å². The second-order valence-corrected chi connectivity index (χ2v) is 3.00. The second kappa shape index (κ2) is 5.52. The maximum absolute atomic E-state index is 8.96. The highest BCUT2D eigenvalue weighted by molar-refractivity contribution is 4.75. The predicted octanol–water partition coefficient (Wildman–Crippen LogP) is 0.140. The average molecular weight is 162 g/mol. The molecule has 0 aliphatic heterocycles. The summed E-state index contributed by atoms with van der Waals surface area (Å²) in [7, 11) is 0. The largest absolute Gasteiger partial charge is 0.396 e. The van der Waals surface area contributed by atoms with Crippen molar-refractivity contribution < 1.29 is 15.3 Å². The van der Waals surface area contributed by atoms with Crippen LogP contribution in [0.5, 0.6) is 0 Å². The monoisotopic (exact) mass is 162 g/mol. The fourth-order valence-electron chi connectivity index (χ4n) is 1.06. The number of aliphatic hydroxyl groups excluding tert-OH is 3. The van der Waals surface area contributed by atoms with E-state index in [1.165, 1.54) is 0 Å². The Kier molecular flexibility index (Phi) is 5.46. The van der Waals surface area contributed by atoms with E-state index in [1.54, 1.807) is 0 Å². The lowest BCUT2D eigenvalue weighted by atomic mass is 9.82. The number of aliphatic hydroxyl groups is 3. The van der Waals surface area contributed by atoms with E-state index in [-0.39, 0.29) is 25.2 Å². The van der Waals surface area contributed by atoms with E-state index in [4.69, 9.17) is 15.3 Å². The van der Waals surface area contributed by atoms with Crippen LogP contribution in [0.25, 0.3) is 0 Å². The van der Waals surface area contributed by atoms with Gasteiger partial charge < -0.3 is 15.3 Å². The average Bonchev–Trinajstić information content (AvgIpc) is 2.08. The Morgan fingerprint density at radius 2 is 1.64 bits per heavy atom. The Balaban J connectivity index is 3.84. The van der Waals surface area contributed by atoms with Gasteiger partial charge in [-0.05, 0) is 19.3 Å². The van der Waals surface area contributed by atoms with Crippen LogP contribution < -0.4 is 0 Å². The van der Waals surface area contributed by atoms with Crippen molar-refractivity contribution in [2.45, 2.75) is 26.2 Å². The summed E-state index contributed by atoms with van der Waals surface area (Å²) in [4.78, 5) is 0. The molecule has 0 aromatic rings. The summed E-state index contributed by atoms with van der Waals surface area (Å²) in [5.74, 6) is 0. The molecule has 0 fully saturated rings. The highest BCUT2D eigenvalue weighted by atomic mass is 16.3.